The molecule has 3 heteroatoms. The number of ether oxygens (including phenoxy) is 1. The van der Waals surface area contributed by atoms with E-state index in [9.17, 15) is 4.79 Å². The third kappa shape index (κ3) is 2.35. The van der Waals surface area contributed by atoms with Gasteiger partial charge in [0.05, 0.1) is 6.61 Å². The number of carbonyl (C=O) groups is 1. The third-order valence-corrected chi connectivity index (χ3v) is 3.95. The second kappa shape index (κ2) is 5.01. The molecule has 3 nitrogen and oxygen atoms in total. The lowest BCUT2D eigenvalue weighted by molar-refractivity contribution is -0.124. The van der Waals surface area contributed by atoms with Crippen LogP contribution < -0.4 is 10.1 Å². The average Bonchev–Trinajstić information content (AvgIpc) is 3.05. The Bertz CT molecular complexity index is 450. The van der Waals surface area contributed by atoms with Crippen molar-refractivity contribution in [3.8, 4) is 5.75 Å². The number of fused-ring (bicyclic) bond motifs is 1. The van der Waals surface area contributed by atoms with Crippen molar-refractivity contribution in [2.75, 3.05) is 6.61 Å². The molecule has 1 aliphatic carbocycles. The third-order valence-electron chi connectivity index (χ3n) is 3.95. The molecule has 0 bridgehead atoms. The van der Waals surface area contributed by atoms with E-state index in [4.69, 9.17) is 4.74 Å². The molecule has 1 N–H and O–H groups in total. The number of amides is 1. The average molecular weight is 245 g/mol. The van der Waals surface area contributed by atoms with Gasteiger partial charge in [-0.25, -0.2) is 0 Å². The van der Waals surface area contributed by atoms with Crippen molar-refractivity contribution in [2.45, 2.75) is 38.6 Å². The Morgan fingerprint density at radius 3 is 3.00 bits per heavy atom. The minimum atomic E-state index is 0.226. The van der Waals surface area contributed by atoms with Crippen LogP contribution in [0.3, 0.4) is 0 Å². The summed E-state index contributed by atoms with van der Waals surface area (Å²) in [7, 11) is 0. The van der Waals surface area contributed by atoms with E-state index >= 15 is 0 Å². The molecule has 0 saturated heterocycles. The lowest BCUT2D eigenvalue weighted by Gasteiger charge is -2.10. The molecule has 0 aromatic heterocycles. The van der Waals surface area contributed by atoms with Gasteiger partial charge in [0.2, 0.25) is 5.91 Å². The van der Waals surface area contributed by atoms with Crippen LogP contribution >= 0.6 is 0 Å². The fourth-order valence-electron chi connectivity index (χ4n) is 2.87. The molecule has 1 aromatic carbocycles. The molecule has 2 aliphatic rings. The van der Waals surface area contributed by atoms with Crippen LogP contribution in [-0.2, 0) is 17.8 Å². The van der Waals surface area contributed by atoms with Gasteiger partial charge in [-0.3, -0.25) is 4.79 Å². The quantitative estimate of drug-likeness (QED) is 0.888. The summed E-state index contributed by atoms with van der Waals surface area (Å²) in [5.41, 5.74) is 2.44. The fourth-order valence-corrected chi connectivity index (χ4v) is 2.87. The molecule has 1 fully saturated rings. The first-order valence-corrected chi connectivity index (χ1v) is 6.85. The summed E-state index contributed by atoms with van der Waals surface area (Å²) in [4.78, 5) is 11.9. The van der Waals surface area contributed by atoms with Gasteiger partial charge in [-0.2, -0.15) is 0 Å². The summed E-state index contributed by atoms with van der Waals surface area (Å²) in [6.45, 7) is 1.43. The highest BCUT2D eigenvalue weighted by Gasteiger charge is 2.22. The van der Waals surface area contributed by atoms with Gasteiger partial charge in [0.15, 0.2) is 0 Å². The van der Waals surface area contributed by atoms with Gasteiger partial charge in [0.25, 0.3) is 0 Å². The molecule has 1 aliphatic heterocycles. The maximum Gasteiger partial charge on any atom is 0.223 e. The zero-order chi connectivity index (χ0) is 12.4. The number of nitrogens with one attached hydrogen (secondary N) is 1. The fraction of sp³-hybridized carbons (Fsp3) is 0.533. The lowest BCUT2D eigenvalue weighted by Crippen LogP contribution is -2.28. The van der Waals surface area contributed by atoms with E-state index in [0.29, 0.717) is 6.54 Å². The van der Waals surface area contributed by atoms with Crippen molar-refractivity contribution >= 4 is 5.91 Å². The largest absolute Gasteiger partial charge is 0.493 e. The summed E-state index contributed by atoms with van der Waals surface area (Å²) < 4.78 is 5.47. The molecule has 1 saturated carbocycles. The zero-order valence-electron chi connectivity index (χ0n) is 10.6. The van der Waals surface area contributed by atoms with Crippen LogP contribution in [0.15, 0.2) is 18.2 Å². The maximum absolute atomic E-state index is 11.9. The van der Waals surface area contributed by atoms with Crippen LogP contribution in [0.5, 0.6) is 5.75 Å². The van der Waals surface area contributed by atoms with E-state index in [2.05, 4.69) is 11.4 Å². The van der Waals surface area contributed by atoms with E-state index in [0.717, 1.165) is 31.6 Å². The van der Waals surface area contributed by atoms with Crippen molar-refractivity contribution in [3.63, 3.8) is 0 Å². The standard InChI is InChI=1S/C15H19NO2/c17-15(12-3-1-2-4-12)16-10-11-5-6-14-13(9-11)7-8-18-14/h5-6,9,12H,1-4,7-8,10H2,(H,16,17). The lowest BCUT2D eigenvalue weighted by atomic mass is 10.1. The van der Waals surface area contributed by atoms with Gasteiger partial charge in [0.1, 0.15) is 5.75 Å². The van der Waals surface area contributed by atoms with Crippen molar-refractivity contribution in [3.05, 3.63) is 29.3 Å². The summed E-state index contributed by atoms with van der Waals surface area (Å²) in [6, 6.07) is 6.20. The Kier molecular flexibility index (Phi) is 3.22. The Morgan fingerprint density at radius 2 is 2.17 bits per heavy atom. The van der Waals surface area contributed by atoms with Gasteiger partial charge in [-0.15, -0.1) is 0 Å². The predicted octanol–water partition coefficient (Wildman–Crippen LogP) is 2.43. The maximum atomic E-state index is 11.9. The van der Waals surface area contributed by atoms with Gasteiger partial charge < -0.3 is 10.1 Å². The highest BCUT2D eigenvalue weighted by Crippen LogP contribution is 2.26. The van der Waals surface area contributed by atoms with Gasteiger partial charge >= 0.3 is 0 Å². The highest BCUT2D eigenvalue weighted by molar-refractivity contribution is 5.78. The molecule has 1 aromatic rings. The molecule has 1 amide bonds. The SMILES string of the molecule is O=C(NCc1ccc2c(c1)CCO2)C1CCCC1. The second-order valence-electron chi connectivity index (χ2n) is 5.24. The molecule has 18 heavy (non-hydrogen) atoms. The normalized spacial score (nSPS) is 18.4. The molecule has 0 unspecified atom stereocenters. The zero-order valence-corrected chi connectivity index (χ0v) is 10.6. The number of rotatable bonds is 3. The number of benzene rings is 1. The molecule has 0 spiro atoms. The van der Waals surface area contributed by atoms with Crippen LogP contribution in [0.2, 0.25) is 0 Å². The van der Waals surface area contributed by atoms with Crippen molar-refractivity contribution in [1.29, 1.82) is 0 Å². The van der Waals surface area contributed by atoms with Crippen LogP contribution in [0.1, 0.15) is 36.8 Å². The molecule has 1 heterocycles. The Morgan fingerprint density at radius 1 is 1.33 bits per heavy atom. The minimum Gasteiger partial charge on any atom is -0.493 e. The monoisotopic (exact) mass is 245 g/mol. The Labute approximate surface area is 108 Å². The number of carbonyl (C=O) groups excluding carboxylic acids is 1. The molecule has 3 rings (SSSR count). The van der Waals surface area contributed by atoms with Gasteiger partial charge in [-0.1, -0.05) is 25.0 Å². The molecule has 0 radical (unpaired) electrons. The van der Waals surface area contributed by atoms with Crippen LogP contribution in [0, 0.1) is 5.92 Å². The van der Waals surface area contributed by atoms with Crippen molar-refractivity contribution in [2.24, 2.45) is 5.92 Å². The van der Waals surface area contributed by atoms with E-state index in [-0.39, 0.29) is 11.8 Å². The van der Waals surface area contributed by atoms with Crippen molar-refractivity contribution < 1.29 is 9.53 Å². The van der Waals surface area contributed by atoms with Gasteiger partial charge in [0, 0.05) is 18.9 Å². The predicted molar refractivity (Wildman–Crippen MR) is 69.4 cm³/mol. The van der Waals surface area contributed by atoms with Crippen LogP contribution in [0.4, 0.5) is 0 Å². The number of hydrogen-bond acceptors (Lipinski definition) is 2. The van der Waals surface area contributed by atoms with E-state index < -0.39 is 0 Å². The smallest absolute Gasteiger partial charge is 0.223 e. The summed E-state index contributed by atoms with van der Waals surface area (Å²) in [5.74, 6) is 1.48. The summed E-state index contributed by atoms with van der Waals surface area (Å²) in [6.07, 6.45) is 5.51. The first kappa shape index (κ1) is 11.6. The van der Waals surface area contributed by atoms with E-state index in [1.54, 1.807) is 0 Å². The molecule has 96 valence electrons. The summed E-state index contributed by atoms with van der Waals surface area (Å²) >= 11 is 0. The Hall–Kier alpha value is -1.51. The summed E-state index contributed by atoms with van der Waals surface area (Å²) in [5, 5.41) is 3.05. The number of hydrogen-bond donors (Lipinski definition) is 1. The van der Waals surface area contributed by atoms with Crippen LogP contribution in [0.25, 0.3) is 0 Å². The topological polar surface area (TPSA) is 38.3 Å². The Balaban J connectivity index is 1.58. The minimum absolute atomic E-state index is 0.226. The van der Waals surface area contributed by atoms with Crippen LogP contribution in [-0.4, -0.2) is 12.5 Å². The molecule has 0 atom stereocenters. The van der Waals surface area contributed by atoms with E-state index in [1.807, 2.05) is 12.1 Å². The molecular weight excluding hydrogens is 226 g/mol. The second-order valence-corrected chi connectivity index (χ2v) is 5.24. The first-order valence-electron chi connectivity index (χ1n) is 6.85. The highest BCUT2D eigenvalue weighted by atomic mass is 16.5. The first-order chi connectivity index (χ1) is 8.83. The van der Waals surface area contributed by atoms with Crippen molar-refractivity contribution in [1.82, 2.24) is 5.32 Å². The van der Waals surface area contributed by atoms with E-state index in [1.165, 1.54) is 24.0 Å². The molecular formula is C15H19NO2. The van der Waals surface area contributed by atoms with Gasteiger partial charge in [-0.05, 0) is 30.0 Å².